The zero-order chi connectivity index (χ0) is 18.7. The number of carbonyl (C=O) groups is 2. The van der Waals surface area contributed by atoms with Gasteiger partial charge in [0.25, 0.3) is 11.8 Å². The number of nitrogens with zero attached hydrogens (tertiary/aromatic N) is 2. The van der Waals surface area contributed by atoms with Crippen LogP contribution in [0.2, 0.25) is 5.02 Å². The Morgan fingerprint density at radius 3 is 2.60 bits per heavy atom. The second-order valence-electron chi connectivity index (χ2n) is 5.79. The predicted octanol–water partition coefficient (Wildman–Crippen LogP) is 3.52. The van der Waals surface area contributed by atoms with Gasteiger partial charge in [-0.2, -0.15) is 0 Å². The minimum absolute atomic E-state index is 0.142. The van der Waals surface area contributed by atoms with Crippen LogP contribution >= 0.6 is 22.9 Å². The van der Waals surface area contributed by atoms with Crippen molar-refractivity contribution in [1.82, 2.24) is 9.88 Å². The molecule has 0 aliphatic rings. The van der Waals surface area contributed by atoms with E-state index < -0.39 is 6.10 Å². The van der Waals surface area contributed by atoms with Crippen LogP contribution in [0.5, 0.6) is 5.75 Å². The van der Waals surface area contributed by atoms with Gasteiger partial charge in [0.05, 0.1) is 5.69 Å². The van der Waals surface area contributed by atoms with Crippen LogP contribution < -0.4 is 10.1 Å². The second kappa shape index (κ2) is 7.84. The molecule has 0 bridgehead atoms. The number of nitrogens with one attached hydrogen (secondary N) is 1. The Morgan fingerprint density at radius 1 is 1.32 bits per heavy atom. The van der Waals surface area contributed by atoms with Crippen molar-refractivity contribution in [3.8, 4) is 5.75 Å². The molecule has 2 rings (SSSR count). The number of hydrogen-bond donors (Lipinski definition) is 1. The Balaban J connectivity index is 2.06. The Hall–Kier alpha value is -2.12. The van der Waals surface area contributed by atoms with Crippen LogP contribution in [0.1, 0.15) is 27.9 Å². The summed E-state index contributed by atoms with van der Waals surface area (Å²) in [5.41, 5.74) is 1.43. The van der Waals surface area contributed by atoms with Crippen LogP contribution in [-0.2, 0) is 4.79 Å². The number of anilines is 1. The molecule has 1 aromatic heterocycles. The lowest BCUT2D eigenvalue weighted by molar-refractivity contribution is -0.122. The number of hydrogen-bond acceptors (Lipinski definition) is 5. The molecule has 134 valence electrons. The van der Waals surface area contributed by atoms with Crippen LogP contribution in [0, 0.1) is 13.8 Å². The Labute approximate surface area is 155 Å². The number of ether oxygens (including phenoxy) is 1. The molecule has 1 heterocycles. The van der Waals surface area contributed by atoms with Crippen molar-refractivity contribution < 1.29 is 14.3 Å². The van der Waals surface area contributed by atoms with Crippen molar-refractivity contribution in [3.63, 3.8) is 0 Å². The standard InChI is InChI=1S/C17H20ClN3O3S/c1-9-8-12(18)6-7-13(9)24-11(3)15(22)20-17-19-10(2)14(25-17)16(23)21(4)5/h6-8,11H,1-5H3,(H,19,20,22)/t11-/m1/s1. The molecule has 0 spiro atoms. The first-order valence-electron chi connectivity index (χ1n) is 7.61. The molecule has 1 atom stereocenters. The van der Waals surface area contributed by atoms with Gasteiger partial charge in [-0.1, -0.05) is 22.9 Å². The molecule has 0 aliphatic heterocycles. The van der Waals surface area contributed by atoms with E-state index in [-0.39, 0.29) is 11.8 Å². The lowest BCUT2D eigenvalue weighted by Gasteiger charge is -2.15. The fraction of sp³-hybridized carbons (Fsp3) is 0.353. The van der Waals surface area contributed by atoms with Crippen LogP contribution in [-0.4, -0.2) is 41.9 Å². The molecule has 0 saturated heterocycles. The summed E-state index contributed by atoms with van der Waals surface area (Å²) in [6, 6.07) is 5.20. The molecule has 6 nitrogen and oxygen atoms in total. The van der Waals surface area contributed by atoms with Crippen molar-refractivity contribution in [2.75, 3.05) is 19.4 Å². The van der Waals surface area contributed by atoms with Gasteiger partial charge in [-0.15, -0.1) is 0 Å². The average Bonchev–Trinajstić information content (AvgIpc) is 2.89. The van der Waals surface area contributed by atoms with Gasteiger partial charge in [-0.05, 0) is 44.5 Å². The van der Waals surface area contributed by atoms with E-state index in [1.165, 1.54) is 4.90 Å². The number of rotatable bonds is 5. The molecule has 0 fully saturated rings. The highest BCUT2D eigenvalue weighted by molar-refractivity contribution is 7.17. The predicted molar refractivity (Wildman–Crippen MR) is 99.8 cm³/mol. The van der Waals surface area contributed by atoms with Crippen molar-refractivity contribution in [1.29, 1.82) is 0 Å². The largest absolute Gasteiger partial charge is 0.481 e. The molecule has 25 heavy (non-hydrogen) atoms. The minimum Gasteiger partial charge on any atom is -0.481 e. The topological polar surface area (TPSA) is 71.5 Å². The molecule has 2 amide bonds. The van der Waals surface area contributed by atoms with E-state index in [0.29, 0.717) is 26.5 Å². The third-order valence-corrected chi connectivity index (χ3v) is 4.73. The molecule has 8 heteroatoms. The summed E-state index contributed by atoms with van der Waals surface area (Å²) in [7, 11) is 3.34. The van der Waals surface area contributed by atoms with E-state index in [0.717, 1.165) is 16.9 Å². The molecule has 0 saturated carbocycles. The smallest absolute Gasteiger partial charge is 0.266 e. The molecule has 2 aromatic rings. The van der Waals surface area contributed by atoms with Crippen LogP contribution in [0.4, 0.5) is 5.13 Å². The van der Waals surface area contributed by atoms with Gasteiger partial charge < -0.3 is 9.64 Å². The molecule has 1 N–H and O–H groups in total. The van der Waals surface area contributed by atoms with Gasteiger partial charge in [-0.3, -0.25) is 14.9 Å². The van der Waals surface area contributed by atoms with Crippen LogP contribution in [0.3, 0.4) is 0 Å². The maximum atomic E-state index is 12.3. The summed E-state index contributed by atoms with van der Waals surface area (Å²) in [6.07, 6.45) is -0.725. The number of aromatic nitrogens is 1. The van der Waals surface area contributed by atoms with Crippen molar-refractivity contribution in [2.45, 2.75) is 26.9 Å². The van der Waals surface area contributed by atoms with E-state index >= 15 is 0 Å². The lowest BCUT2D eigenvalue weighted by atomic mass is 10.2. The zero-order valence-corrected chi connectivity index (χ0v) is 16.3. The molecule has 1 aromatic carbocycles. The zero-order valence-electron chi connectivity index (χ0n) is 14.7. The van der Waals surface area contributed by atoms with Gasteiger partial charge in [0, 0.05) is 19.1 Å². The number of thiazole rings is 1. The molecular formula is C17H20ClN3O3S. The highest BCUT2D eigenvalue weighted by Crippen LogP contribution is 2.25. The van der Waals surface area contributed by atoms with E-state index in [1.807, 2.05) is 6.92 Å². The quantitative estimate of drug-likeness (QED) is 0.860. The third kappa shape index (κ3) is 4.70. The summed E-state index contributed by atoms with van der Waals surface area (Å²) in [6.45, 7) is 5.24. The first-order chi connectivity index (χ1) is 11.7. The SMILES string of the molecule is Cc1cc(Cl)ccc1O[C@H](C)C(=O)Nc1nc(C)c(C(=O)N(C)C)s1. The molecular weight excluding hydrogens is 362 g/mol. The summed E-state index contributed by atoms with van der Waals surface area (Å²) in [4.78, 5) is 30.6. The number of benzene rings is 1. The van der Waals surface area contributed by atoms with Gasteiger partial charge in [0.2, 0.25) is 0 Å². The Kier molecular flexibility index (Phi) is 6.02. The monoisotopic (exact) mass is 381 g/mol. The fourth-order valence-electron chi connectivity index (χ4n) is 2.05. The highest BCUT2D eigenvalue weighted by atomic mass is 35.5. The number of amides is 2. The first kappa shape index (κ1) is 19.2. The summed E-state index contributed by atoms with van der Waals surface area (Å²) in [5, 5.41) is 3.68. The molecule has 0 radical (unpaired) electrons. The van der Waals surface area contributed by atoms with Crippen LogP contribution in [0.15, 0.2) is 18.2 Å². The summed E-state index contributed by atoms with van der Waals surface area (Å²) in [5.74, 6) is 0.106. The summed E-state index contributed by atoms with van der Waals surface area (Å²) < 4.78 is 5.69. The Morgan fingerprint density at radius 2 is 2.00 bits per heavy atom. The average molecular weight is 382 g/mol. The van der Waals surface area contributed by atoms with Gasteiger partial charge >= 0.3 is 0 Å². The number of halogens is 1. The molecule has 0 unspecified atom stereocenters. The first-order valence-corrected chi connectivity index (χ1v) is 8.81. The molecule has 0 aliphatic carbocycles. The van der Waals surface area contributed by atoms with E-state index in [9.17, 15) is 9.59 Å². The third-order valence-electron chi connectivity index (χ3n) is 3.44. The minimum atomic E-state index is -0.725. The van der Waals surface area contributed by atoms with Crippen LogP contribution in [0.25, 0.3) is 0 Å². The van der Waals surface area contributed by atoms with E-state index in [1.54, 1.807) is 46.1 Å². The Bertz CT molecular complexity index is 804. The number of aryl methyl sites for hydroxylation is 2. The maximum Gasteiger partial charge on any atom is 0.266 e. The van der Waals surface area contributed by atoms with Gasteiger partial charge in [-0.25, -0.2) is 4.98 Å². The lowest BCUT2D eigenvalue weighted by Crippen LogP contribution is -2.30. The number of carbonyl (C=O) groups excluding carboxylic acids is 2. The normalized spacial score (nSPS) is 11.8. The second-order valence-corrected chi connectivity index (χ2v) is 7.23. The van der Waals surface area contributed by atoms with Crippen molar-refractivity contribution in [2.24, 2.45) is 0 Å². The van der Waals surface area contributed by atoms with Crippen molar-refractivity contribution in [3.05, 3.63) is 39.4 Å². The van der Waals surface area contributed by atoms with E-state index in [2.05, 4.69) is 10.3 Å². The summed E-state index contributed by atoms with van der Waals surface area (Å²) >= 11 is 7.06. The van der Waals surface area contributed by atoms with Gasteiger partial charge in [0.1, 0.15) is 10.6 Å². The fourth-order valence-corrected chi connectivity index (χ4v) is 3.26. The maximum absolute atomic E-state index is 12.3. The highest BCUT2D eigenvalue weighted by Gasteiger charge is 2.21. The van der Waals surface area contributed by atoms with E-state index in [4.69, 9.17) is 16.3 Å². The van der Waals surface area contributed by atoms with Gasteiger partial charge in [0.15, 0.2) is 11.2 Å². The van der Waals surface area contributed by atoms with Crippen molar-refractivity contribution >= 4 is 39.9 Å².